The van der Waals surface area contributed by atoms with Crippen molar-refractivity contribution in [3.05, 3.63) is 29.8 Å². The van der Waals surface area contributed by atoms with E-state index in [0.29, 0.717) is 5.25 Å². The van der Waals surface area contributed by atoms with E-state index in [1.165, 1.54) is 5.56 Å². The monoisotopic (exact) mass is 253 g/mol. The zero-order valence-electron chi connectivity index (χ0n) is 10.8. The zero-order valence-corrected chi connectivity index (χ0v) is 11.6. The highest BCUT2D eigenvalue weighted by molar-refractivity contribution is 7.99. The van der Waals surface area contributed by atoms with E-state index in [1.54, 1.807) is 0 Å². The quantitative estimate of drug-likeness (QED) is 0.722. The van der Waals surface area contributed by atoms with Gasteiger partial charge < -0.3 is 10.5 Å². The molecule has 0 radical (unpaired) electrons. The molecule has 0 heterocycles. The molecule has 0 fully saturated rings. The number of benzene rings is 1. The highest BCUT2D eigenvalue weighted by Gasteiger charge is 2.00. The molecular weight excluding hydrogens is 230 g/mol. The summed E-state index contributed by atoms with van der Waals surface area (Å²) in [6, 6.07) is 8.20. The van der Waals surface area contributed by atoms with Gasteiger partial charge in [-0.15, -0.1) is 0 Å². The van der Waals surface area contributed by atoms with Crippen molar-refractivity contribution in [2.24, 2.45) is 5.73 Å². The second-order valence-electron chi connectivity index (χ2n) is 4.28. The molecule has 0 amide bonds. The fraction of sp³-hybridized carbons (Fsp3) is 0.571. The fourth-order valence-electron chi connectivity index (χ4n) is 1.56. The Morgan fingerprint density at radius 3 is 2.94 bits per heavy atom. The molecule has 1 unspecified atom stereocenters. The highest BCUT2D eigenvalue weighted by atomic mass is 32.2. The first-order valence-electron chi connectivity index (χ1n) is 6.23. The molecule has 0 saturated carbocycles. The number of thioether (sulfide) groups is 1. The summed E-state index contributed by atoms with van der Waals surface area (Å²) in [5, 5.41) is 0.666. The molecular formula is C14H23NOS. The van der Waals surface area contributed by atoms with Gasteiger partial charge in [-0.25, -0.2) is 0 Å². The van der Waals surface area contributed by atoms with Crippen LogP contribution in [-0.2, 0) is 0 Å². The van der Waals surface area contributed by atoms with Gasteiger partial charge in [0.15, 0.2) is 0 Å². The normalized spacial score (nSPS) is 12.4. The molecule has 1 atom stereocenters. The van der Waals surface area contributed by atoms with Crippen molar-refractivity contribution in [1.82, 2.24) is 0 Å². The Morgan fingerprint density at radius 2 is 2.24 bits per heavy atom. The van der Waals surface area contributed by atoms with Crippen LogP contribution in [0.4, 0.5) is 0 Å². The predicted octanol–water partition coefficient (Wildman–Crippen LogP) is 3.23. The first-order valence-corrected chi connectivity index (χ1v) is 7.28. The van der Waals surface area contributed by atoms with E-state index in [9.17, 15) is 0 Å². The number of ether oxygens (including phenoxy) is 1. The van der Waals surface area contributed by atoms with Gasteiger partial charge in [0.25, 0.3) is 0 Å². The van der Waals surface area contributed by atoms with Crippen molar-refractivity contribution in [2.45, 2.75) is 31.9 Å². The van der Waals surface area contributed by atoms with Gasteiger partial charge in [-0.05, 0) is 49.8 Å². The molecule has 0 aliphatic carbocycles. The molecule has 0 bridgehead atoms. The Kier molecular flexibility index (Phi) is 7.13. The van der Waals surface area contributed by atoms with Gasteiger partial charge in [-0.1, -0.05) is 19.1 Å². The van der Waals surface area contributed by atoms with Crippen LogP contribution in [0.1, 0.15) is 25.3 Å². The van der Waals surface area contributed by atoms with Crippen molar-refractivity contribution < 1.29 is 4.74 Å². The van der Waals surface area contributed by atoms with Gasteiger partial charge in [-0.3, -0.25) is 0 Å². The van der Waals surface area contributed by atoms with Crippen molar-refractivity contribution in [2.75, 3.05) is 18.9 Å². The predicted molar refractivity (Wildman–Crippen MR) is 76.9 cm³/mol. The van der Waals surface area contributed by atoms with Crippen LogP contribution >= 0.6 is 11.8 Å². The first kappa shape index (κ1) is 14.4. The molecule has 2 nitrogen and oxygen atoms in total. The van der Waals surface area contributed by atoms with Crippen molar-refractivity contribution >= 4 is 11.8 Å². The molecule has 1 aromatic rings. The van der Waals surface area contributed by atoms with E-state index in [1.807, 2.05) is 23.9 Å². The van der Waals surface area contributed by atoms with Crippen molar-refractivity contribution in [3.63, 3.8) is 0 Å². The van der Waals surface area contributed by atoms with Gasteiger partial charge >= 0.3 is 0 Å². The number of hydrogen-bond acceptors (Lipinski definition) is 3. The van der Waals surface area contributed by atoms with E-state index in [0.717, 1.165) is 37.5 Å². The van der Waals surface area contributed by atoms with Crippen LogP contribution in [0.25, 0.3) is 0 Å². The molecule has 96 valence electrons. The van der Waals surface area contributed by atoms with Crippen LogP contribution in [0.2, 0.25) is 0 Å². The molecule has 1 rings (SSSR count). The highest BCUT2D eigenvalue weighted by Crippen LogP contribution is 2.16. The van der Waals surface area contributed by atoms with E-state index < -0.39 is 0 Å². The molecule has 0 aliphatic heterocycles. The van der Waals surface area contributed by atoms with Crippen LogP contribution in [0, 0.1) is 6.92 Å². The molecule has 0 aromatic heterocycles. The van der Waals surface area contributed by atoms with Gasteiger partial charge in [0.05, 0.1) is 6.61 Å². The van der Waals surface area contributed by atoms with Crippen LogP contribution in [-0.4, -0.2) is 24.2 Å². The second-order valence-corrected chi connectivity index (χ2v) is 5.82. The standard InChI is InChI=1S/C14H23NOS/c1-12-5-3-6-14(11-12)16-9-4-10-17-13(2)7-8-15/h3,5-6,11,13H,4,7-10,15H2,1-2H3. The Hall–Kier alpha value is -0.670. The molecule has 17 heavy (non-hydrogen) atoms. The summed E-state index contributed by atoms with van der Waals surface area (Å²) in [6.45, 7) is 5.90. The van der Waals surface area contributed by atoms with Gasteiger partial charge in [0.1, 0.15) is 5.75 Å². The number of hydrogen-bond donors (Lipinski definition) is 1. The average molecular weight is 253 g/mol. The maximum Gasteiger partial charge on any atom is 0.119 e. The van der Waals surface area contributed by atoms with Crippen molar-refractivity contribution in [3.8, 4) is 5.75 Å². The van der Waals surface area contributed by atoms with Crippen LogP contribution in [0.15, 0.2) is 24.3 Å². The summed E-state index contributed by atoms with van der Waals surface area (Å²) in [7, 11) is 0. The van der Waals surface area contributed by atoms with Gasteiger partial charge in [0.2, 0.25) is 0 Å². The van der Waals surface area contributed by atoms with Crippen molar-refractivity contribution in [1.29, 1.82) is 0 Å². The van der Waals surface area contributed by atoms with E-state index in [-0.39, 0.29) is 0 Å². The van der Waals surface area contributed by atoms with Crippen LogP contribution in [0.5, 0.6) is 5.75 Å². The maximum absolute atomic E-state index is 5.69. The Balaban J connectivity index is 2.08. The molecule has 0 aliphatic rings. The van der Waals surface area contributed by atoms with E-state index in [2.05, 4.69) is 26.0 Å². The molecule has 0 spiro atoms. The summed E-state index contributed by atoms with van der Waals surface area (Å²) < 4.78 is 5.69. The molecule has 1 aromatic carbocycles. The SMILES string of the molecule is Cc1cccc(OCCCSC(C)CCN)c1. The minimum Gasteiger partial charge on any atom is -0.494 e. The third-order valence-electron chi connectivity index (χ3n) is 2.52. The topological polar surface area (TPSA) is 35.2 Å². The summed E-state index contributed by atoms with van der Waals surface area (Å²) in [5.74, 6) is 2.12. The molecule has 3 heteroatoms. The largest absolute Gasteiger partial charge is 0.494 e. The Morgan fingerprint density at radius 1 is 1.41 bits per heavy atom. The lowest BCUT2D eigenvalue weighted by molar-refractivity contribution is 0.318. The number of aryl methyl sites for hydroxylation is 1. The van der Waals surface area contributed by atoms with Gasteiger partial charge in [0, 0.05) is 5.25 Å². The van der Waals surface area contributed by atoms with E-state index >= 15 is 0 Å². The molecule has 2 N–H and O–H groups in total. The smallest absolute Gasteiger partial charge is 0.119 e. The third kappa shape index (κ3) is 6.59. The first-order chi connectivity index (χ1) is 8.22. The lowest BCUT2D eigenvalue weighted by Crippen LogP contribution is -2.08. The average Bonchev–Trinajstić information content (AvgIpc) is 2.29. The Labute approximate surface area is 109 Å². The zero-order chi connectivity index (χ0) is 12.5. The minimum atomic E-state index is 0.666. The van der Waals surface area contributed by atoms with Gasteiger partial charge in [-0.2, -0.15) is 11.8 Å². The summed E-state index contributed by atoms with van der Waals surface area (Å²) in [6.07, 6.45) is 2.19. The number of rotatable bonds is 8. The molecule has 0 saturated heterocycles. The summed E-state index contributed by atoms with van der Waals surface area (Å²) in [5.41, 5.74) is 6.76. The fourth-order valence-corrected chi connectivity index (χ4v) is 2.55. The van der Waals surface area contributed by atoms with Crippen LogP contribution < -0.4 is 10.5 Å². The third-order valence-corrected chi connectivity index (χ3v) is 3.85. The Bertz CT molecular complexity index is 317. The number of nitrogens with two attached hydrogens (primary N) is 1. The second kappa shape index (κ2) is 8.43. The van der Waals surface area contributed by atoms with Crippen LogP contribution in [0.3, 0.4) is 0 Å². The lowest BCUT2D eigenvalue weighted by atomic mass is 10.2. The summed E-state index contributed by atoms with van der Waals surface area (Å²) >= 11 is 1.98. The minimum absolute atomic E-state index is 0.666. The maximum atomic E-state index is 5.69. The summed E-state index contributed by atoms with van der Waals surface area (Å²) in [4.78, 5) is 0. The lowest BCUT2D eigenvalue weighted by Gasteiger charge is -2.10. The van der Waals surface area contributed by atoms with E-state index in [4.69, 9.17) is 10.5 Å².